The number of benzene rings is 1. The van der Waals surface area contributed by atoms with Gasteiger partial charge in [-0.3, -0.25) is 14.6 Å². The van der Waals surface area contributed by atoms with Crippen LogP contribution in [0.4, 0.5) is 15.9 Å². The molecular formula is C24H23FN6O2. The zero-order chi connectivity index (χ0) is 22.8. The van der Waals surface area contributed by atoms with E-state index in [1.165, 1.54) is 12.1 Å². The van der Waals surface area contributed by atoms with Gasteiger partial charge in [0, 0.05) is 55.1 Å². The average molecular weight is 446 g/mol. The molecule has 168 valence electrons. The molecule has 0 spiro atoms. The predicted octanol–water partition coefficient (Wildman–Crippen LogP) is 3.02. The molecule has 2 atom stereocenters. The Bertz CT molecular complexity index is 1190. The van der Waals surface area contributed by atoms with Gasteiger partial charge < -0.3 is 15.5 Å². The molecule has 0 saturated carbocycles. The van der Waals surface area contributed by atoms with Gasteiger partial charge in [-0.2, -0.15) is 0 Å². The molecular weight excluding hydrogens is 423 g/mol. The fourth-order valence-electron chi connectivity index (χ4n) is 4.29. The lowest BCUT2D eigenvalue weighted by atomic mass is 10.1. The summed E-state index contributed by atoms with van der Waals surface area (Å²) in [6.45, 7) is 1.08. The molecule has 9 heteroatoms. The van der Waals surface area contributed by atoms with Crippen molar-refractivity contribution in [3.8, 4) is 11.3 Å². The van der Waals surface area contributed by atoms with Crippen molar-refractivity contribution in [2.45, 2.75) is 31.2 Å². The van der Waals surface area contributed by atoms with Gasteiger partial charge in [0.05, 0.1) is 5.69 Å². The van der Waals surface area contributed by atoms with Crippen molar-refractivity contribution in [2.75, 3.05) is 18.4 Å². The summed E-state index contributed by atoms with van der Waals surface area (Å²) >= 11 is 0. The molecule has 5 rings (SSSR count). The summed E-state index contributed by atoms with van der Waals surface area (Å²) in [5, 5.41) is 5.92. The van der Waals surface area contributed by atoms with E-state index in [0.29, 0.717) is 49.0 Å². The van der Waals surface area contributed by atoms with Crippen LogP contribution in [0.3, 0.4) is 0 Å². The number of halogens is 1. The molecule has 0 aliphatic carbocycles. The van der Waals surface area contributed by atoms with Gasteiger partial charge in [0.2, 0.25) is 11.8 Å². The van der Waals surface area contributed by atoms with Crippen molar-refractivity contribution >= 4 is 23.3 Å². The molecule has 33 heavy (non-hydrogen) atoms. The van der Waals surface area contributed by atoms with Crippen LogP contribution in [0.5, 0.6) is 0 Å². The highest BCUT2D eigenvalue weighted by Crippen LogP contribution is 2.30. The van der Waals surface area contributed by atoms with E-state index in [0.717, 1.165) is 12.0 Å². The van der Waals surface area contributed by atoms with Crippen LogP contribution in [0.15, 0.2) is 54.9 Å². The Morgan fingerprint density at radius 2 is 1.97 bits per heavy atom. The Morgan fingerprint density at radius 1 is 1.12 bits per heavy atom. The van der Waals surface area contributed by atoms with Gasteiger partial charge in [-0.15, -0.1) is 0 Å². The molecule has 2 aliphatic rings. The lowest BCUT2D eigenvalue weighted by molar-refractivity contribution is -0.133. The van der Waals surface area contributed by atoms with Crippen LogP contribution in [0.2, 0.25) is 0 Å². The number of carbonyl (C=O) groups excluding carboxylic acids is 2. The minimum atomic E-state index is -0.439. The normalized spacial score (nSPS) is 20.0. The second kappa shape index (κ2) is 8.93. The Hall–Kier alpha value is -3.88. The highest BCUT2D eigenvalue weighted by molar-refractivity contribution is 5.91. The summed E-state index contributed by atoms with van der Waals surface area (Å²) in [4.78, 5) is 39.7. The van der Waals surface area contributed by atoms with Crippen LogP contribution in [0.25, 0.3) is 11.3 Å². The third-order valence-corrected chi connectivity index (χ3v) is 5.98. The number of carbonyl (C=O) groups is 2. The molecule has 2 N–H and O–H groups in total. The molecule has 2 saturated heterocycles. The van der Waals surface area contributed by atoms with Crippen molar-refractivity contribution in [3.63, 3.8) is 0 Å². The summed E-state index contributed by atoms with van der Waals surface area (Å²) in [5.41, 5.74) is 2.19. The lowest BCUT2D eigenvalue weighted by Crippen LogP contribution is -2.43. The first-order chi connectivity index (χ1) is 16.0. The SMILES string of the molecule is O=C1CC[C@@H](C(=O)N2CCC(c3nc(Nc4cccc(F)c4)cc(-c4ccncc4)n3)C2)N1. The molecule has 2 aromatic heterocycles. The fraction of sp³-hybridized carbons (Fsp3) is 0.292. The van der Waals surface area contributed by atoms with Crippen molar-refractivity contribution in [3.05, 3.63) is 66.5 Å². The zero-order valence-corrected chi connectivity index (χ0v) is 17.9. The maximum absolute atomic E-state index is 13.7. The second-order valence-corrected chi connectivity index (χ2v) is 8.30. The van der Waals surface area contributed by atoms with Gasteiger partial charge in [0.25, 0.3) is 0 Å². The Kier molecular flexibility index (Phi) is 5.68. The number of anilines is 2. The minimum Gasteiger partial charge on any atom is -0.344 e. The minimum absolute atomic E-state index is 0.0408. The second-order valence-electron chi connectivity index (χ2n) is 8.30. The van der Waals surface area contributed by atoms with E-state index in [1.54, 1.807) is 29.4 Å². The fourth-order valence-corrected chi connectivity index (χ4v) is 4.29. The number of pyridine rings is 1. The number of rotatable bonds is 5. The average Bonchev–Trinajstić information content (AvgIpc) is 3.49. The third kappa shape index (κ3) is 4.67. The topological polar surface area (TPSA) is 100 Å². The predicted molar refractivity (Wildman–Crippen MR) is 120 cm³/mol. The molecule has 2 aliphatic heterocycles. The van der Waals surface area contributed by atoms with Crippen LogP contribution in [-0.2, 0) is 9.59 Å². The maximum Gasteiger partial charge on any atom is 0.245 e. The van der Waals surface area contributed by atoms with E-state index in [9.17, 15) is 14.0 Å². The summed E-state index contributed by atoms with van der Waals surface area (Å²) < 4.78 is 13.7. The Balaban J connectivity index is 1.41. The van der Waals surface area contributed by atoms with E-state index in [-0.39, 0.29) is 23.5 Å². The number of amides is 2. The Labute approximate surface area is 190 Å². The standard InChI is InChI=1S/C24H23FN6O2/c25-17-2-1-3-18(12-17)27-21-13-20(15-6-9-26-10-7-15)29-23(30-21)16-8-11-31(14-16)24(33)19-4-5-22(32)28-19/h1-3,6-7,9-10,12-13,16,19H,4-5,8,11,14H2,(H,28,32)(H,27,29,30)/t16?,19-/m0/s1. The van der Waals surface area contributed by atoms with Gasteiger partial charge in [0.15, 0.2) is 0 Å². The molecule has 3 aromatic rings. The van der Waals surface area contributed by atoms with Crippen molar-refractivity contribution < 1.29 is 14.0 Å². The van der Waals surface area contributed by atoms with Crippen molar-refractivity contribution in [1.82, 2.24) is 25.2 Å². The van der Waals surface area contributed by atoms with E-state index in [1.807, 2.05) is 18.2 Å². The first-order valence-corrected chi connectivity index (χ1v) is 11.0. The molecule has 1 aromatic carbocycles. The number of nitrogens with zero attached hydrogens (tertiary/aromatic N) is 4. The van der Waals surface area contributed by atoms with Crippen LogP contribution < -0.4 is 10.6 Å². The van der Waals surface area contributed by atoms with Crippen molar-refractivity contribution in [1.29, 1.82) is 0 Å². The molecule has 0 bridgehead atoms. The van der Waals surface area contributed by atoms with Gasteiger partial charge >= 0.3 is 0 Å². The van der Waals surface area contributed by atoms with E-state index in [2.05, 4.69) is 15.6 Å². The van der Waals surface area contributed by atoms with Gasteiger partial charge in [-0.05, 0) is 43.2 Å². The first-order valence-electron chi connectivity index (χ1n) is 11.0. The van der Waals surface area contributed by atoms with Gasteiger partial charge in [-0.1, -0.05) is 6.07 Å². The maximum atomic E-state index is 13.7. The van der Waals surface area contributed by atoms with Crippen LogP contribution in [-0.4, -0.2) is 50.8 Å². The van der Waals surface area contributed by atoms with Crippen LogP contribution >= 0.6 is 0 Å². The number of nitrogens with one attached hydrogen (secondary N) is 2. The summed E-state index contributed by atoms with van der Waals surface area (Å²) in [6, 6.07) is 11.3. The quantitative estimate of drug-likeness (QED) is 0.625. The number of hydrogen-bond donors (Lipinski definition) is 2. The number of aromatic nitrogens is 3. The smallest absolute Gasteiger partial charge is 0.245 e. The van der Waals surface area contributed by atoms with Crippen LogP contribution in [0.1, 0.15) is 31.0 Å². The molecule has 1 unspecified atom stereocenters. The highest BCUT2D eigenvalue weighted by Gasteiger charge is 2.36. The lowest BCUT2D eigenvalue weighted by Gasteiger charge is -2.20. The number of likely N-dealkylation sites (tertiary alicyclic amines) is 1. The molecule has 0 radical (unpaired) electrons. The zero-order valence-electron chi connectivity index (χ0n) is 17.9. The Morgan fingerprint density at radius 3 is 2.73 bits per heavy atom. The molecule has 4 heterocycles. The van der Waals surface area contributed by atoms with Crippen LogP contribution in [0, 0.1) is 5.82 Å². The van der Waals surface area contributed by atoms with Gasteiger partial charge in [-0.25, -0.2) is 14.4 Å². The van der Waals surface area contributed by atoms with Crippen molar-refractivity contribution in [2.24, 2.45) is 0 Å². The summed E-state index contributed by atoms with van der Waals surface area (Å²) in [5.74, 6) is 0.657. The molecule has 8 nitrogen and oxygen atoms in total. The molecule has 2 fully saturated rings. The third-order valence-electron chi connectivity index (χ3n) is 5.98. The van der Waals surface area contributed by atoms with Gasteiger partial charge in [0.1, 0.15) is 23.5 Å². The summed E-state index contributed by atoms with van der Waals surface area (Å²) in [7, 11) is 0. The van der Waals surface area contributed by atoms with E-state index < -0.39 is 6.04 Å². The molecule has 2 amide bonds. The van der Waals surface area contributed by atoms with E-state index in [4.69, 9.17) is 9.97 Å². The highest BCUT2D eigenvalue weighted by atomic mass is 19.1. The number of hydrogen-bond acceptors (Lipinski definition) is 6. The first kappa shape index (κ1) is 21.0. The monoisotopic (exact) mass is 446 g/mol. The summed E-state index contributed by atoms with van der Waals surface area (Å²) in [6.07, 6.45) is 5.05. The van der Waals surface area contributed by atoms with E-state index >= 15 is 0 Å². The largest absolute Gasteiger partial charge is 0.344 e.